The highest BCUT2D eigenvalue weighted by atomic mass is 35.5. The van der Waals surface area contributed by atoms with Crippen LogP contribution >= 0.6 is 11.6 Å². The molecule has 0 radical (unpaired) electrons. The predicted octanol–water partition coefficient (Wildman–Crippen LogP) is 2.26. The summed E-state index contributed by atoms with van der Waals surface area (Å²) in [7, 11) is 0. The minimum Gasteiger partial charge on any atom is -0.448 e. The van der Waals surface area contributed by atoms with Crippen LogP contribution in [0.5, 0.6) is 0 Å². The zero-order chi connectivity index (χ0) is 15.1. The Morgan fingerprint density at radius 1 is 1.24 bits per heavy atom. The second kappa shape index (κ2) is 7.88. The third kappa shape index (κ3) is 4.63. The van der Waals surface area contributed by atoms with E-state index in [9.17, 15) is 9.59 Å². The number of benzene rings is 1. The first-order valence-corrected chi connectivity index (χ1v) is 7.57. The van der Waals surface area contributed by atoms with E-state index in [1.54, 1.807) is 0 Å². The van der Waals surface area contributed by atoms with E-state index >= 15 is 0 Å². The molecular weight excluding hydrogens is 292 g/mol. The lowest BCUT2D eigenvalue weighted by Crippen LogP contribution is -2.46. The topological polar surface area (TPSA) is 58.6 Å². The van der Waals surface area contributed by atoms with Gasteiger partial charge in [0, 0.05) is 24.7 Å². The number of nitrogens with zero attached hydrogens (tertiary/aromatic N) is 1. The number of hydrogen-bond donors (Lipinski definition) is 1. The number of alkyl carbamates (subject to hydrolysis) is 1. The number of ether oxygens (including phenoxy) is 1. The lowest BCUT2D eigenvalue weighted by atomic mass is 10.0. The molecule has 0 unspecified atom stereocenters. The van der Waals surface area contributed by atoms with Crippen LogP contribution in [-0.4, -0.2) is 48.5 Å². The number of alkyl halides is 1. The number of carbonyl (C=O) groups excluding carboxylic acids is 2. The molecule has 0 bridgehead atoms. The Balaban J connectivity index is 1.78. The lowest BCUT2D eigenvalue weighted by Gasteiger charge is -2.32. The fraction of sp³-hybridized carbons (Fsp3) is 0.467. The molecule has 0 spiro atoms. The normalized spacial score (nSPS) is 15.6. The van der Waals surface area contributed by atoms with Crippen LogP contribution in [-0.2, 0) is 4.74 Å². The van der Waals surface area contributed by atoms with Crippen LogP contribution < -0.4 is 5.32 Å². The van der Waals surface area contributed by atoms with Crippen LogP contribution in [0.4, 0.5) is 4.79 Å². The summed E-state index contributed by atoms with van der Waals surface area (Å²) in [6.45, 7) is 1.47. The first-order chi connectivity index (χ1) is 10.2. The van der Waals surface area contributed by atoms with Gasteiger partial charge in [-0.1, -0.05) is 18.2 Å². The van der Waals surface area contributed by atoms with Gasteiger partial charge in [0.05, 0.1) is 5.88 Å². The van der Waals surface area contributed by atoms with Crippen molar-refractivity contribution >= 4 is 23.6 Å². The van der Waals surface area contributed by atoms with E-state index < -0.39 is 6.09 Å². The number of nitrogens with one attached hydrogen (secondary N) is 1. The van der Waals surface area contributed by atoms with Gasteiger partial charge in [-0.15, -0.1) is 11.6 Å². The Hall–Kier alpha value is -1.75. The van der Waals surface area contributed by atoms with Gasteiger partial charge in [-0.2, -0.15) is 0 Å². The van der Waals surface area contributed by atoms with Crippen LogP contribution in [0.25, 0.3) is 0 Å². The maximum atomic E-state index is 12.3. The average molecular weight is 311 g/mol. The molecule has 1 fully saturated rings. The van der Waals surface area contributed by atoms with Gasteiger partial charge in [-0.3, -0.25) is 4.79 Å². The fourth-order valence-corrected chi connectivity index (χ4v) is 2.41. The molecule has 0 saturated carbocycles. The SMILES string of the molecule is O=C(NC1CCN(C(=O)c2ccccc2)CC1)OCCCl. The molecule has 0 aromatic heterocycles. The van der Waals surface area contributed by atoms with Crippen LogP contribution in [0.2, 0.25) is 0 Å². The molecular formula is C15H19ClN2O3. The molecule has 0 aliphatic carbocycles. The van der Waals surface area contributed by atoms with E-state index in [0.717, 1.165) is 12.8 Å². The number of rotatable bonds is 4. The highest BCUT2D eigenvalue weighted by Gasteiger charge is 2.24. The first kappa shape index (κ1) is 15.6. The van der Waals surface area contributed by atoms with E-state index in [0.29, 0.717) is 18.7 Å². The van der Waals surface area contributed by atoms with Crippen LogP contribution in [0.1, 0.15) is 23.2 Å². The summed E-state index contributed by atoms with van der Waals surface area (Å²) in [6.07, 6.45) is 1.02. The van der Waals surface area contributed by atoms with Gasteiger partial charge in [0.2, 0.25) is 0 Å². The number of likely N-dealkylation sites (tertiary alicyclic amines) is 1. The lowest BCUT2D eigenvalue weighted by molar-refractivity contribution is 0.0702. The van der Waals surface area contributed by atoms with Gasteiger partial charge < -0.3 is 15.0 Å². The molecule has 1 saturated heterocycles. The molecule has 2 rings (SSSR count). The summed E-state index contributed by atoms with van der Waals surface area (Å²) in [5.41, 5.74) is 0.699. The summed E-state index contributed by atoms with van der Waals surface area (Å²) in [4.78, 5) is 25.5. The zero-order valence-electron chi connectivity index (χ0n) is 11.8. The van der Waals surface area contributed by atoms with Crippen molar-refractivity contribution in [2.75, 3.05) is 25.6 Å². The Morgan fingerprint density at radius 3 is 2.52 bits per heavy atom. The molecule has 0 atom stereocenters. The predicted molar refractivity (Wildman–Crippen MR) is 80.6 cm³/mol. The van der Waals surface area contributed by atoms with Gasteiger partial charge in [-0.25, -0.2) is 4.79 Å². The van der Waals surface area contributed by atoms with Gasteiger partial charge in [0.25, 0.3) is 5.91 Å². The molecule has 1 aromatic carbocycles. The molecule has 1 aliphatic heterocycles. The third-order valence-corrected chi connectivity index (χ3v) is 3.59. The van der Waals surface area contributed by atoms with Gasteiger partial charge in [0.15, 0.2) is 0 Å². The smallest absolute Gasteiger partial charge is 0.407 e. The van der Waals surface area contributed by atoms with E-state index in [1.807, 2.05) is 35.2 Å². The minimum absolute atomic E-state index is 0.0405. The monoisotopic (exact) mass is 310 g/mol. The zero-order valence-corrected chi connectivity index (χ0v) is 12.5. The van der Waals surface area contributed by atoms with Crippen molar-refractivity contribution < 1.29 is 14.3 Å². The minimum atomic E-state index is -0.441. The van der Waals surface area contributed by atoms with Crippen molar-refractivity contribution in [3.63, 3.8) is 0 Å². The molecule has 2 amide bonds. The van der Waals surface area contributed by atoms with Crippen molar-refractivity contribution in [3.8, 4) is 0 Å². The van der Waals surface area contributed by atoms with E-state index in [-0.39, 0.29) is 24.4 Å². The summed E-state index contributed by atoms with van der Waals surface area (Å²) >= 11 is 5.45. The highest BCUT2D eigenvalue weighted by molar-refractivity contribution is 6.18. The second-order valence-electron chi connectivity index (χ2n) is 4.90. The summed E-state index contributed by atoms with van der Waals surface area (Å²) in [5.74, 6) is 0.330. The van der Waals surface area contributed by atoms with Gasteiger partial charge >= 0.3 is 6.09 Å². The van der Waals surface area contributed by atoms with Crippen molar-refractivity contribution in [1.82, 2.24) is 10.2 Å². The Labute approximate surface area is 129 Å². The molecule has 114 valence electrons. The summed E-state index contributed by atoms with van der Waals surface area (Å²) in [5, 5.41) is 2.80. The third-order valence-electron chi connectivity index (χ3n) is 3.44. The highest BCUT2D eigenvalue weighted by Crippen LogP contribution is 2.14. The van der Waals surface area contributed by atoms with Gasteiger partial charge in [-0.05, 0) is 25.0 Å². The summed E-state index contributed by atoms with van der Waals surface area (Å²) < 4.78 is 4.88. The van der Waals surface area contributed by atoms with Crippen molar-refractivity contribution in [1.29, 1.82) is 0 Å². The molecule has 1 heterocycles. The number of halogens is 1. The van der Waals surface area contributed by atoms with E-state index in [2.05, 4.69) is 5.32 Å². The van der Waals surface area contributed by atoms with Gasteiger partial charge in [0.1, 0.15) is 6.61 Å². The maximum absolute atomic E-state index is 12.3. The van der Waals surface area contributed by atoms with E-state index in [4.69, 9.17) is 16.3 Å². The Kier molecular flexibility index (Phi) is 5.87. The quantitative estimate of drug-likeness (QED) is 0.868. The van der Waals surface area contributed by atoms with Crippen LogP contribution in [0.15, 0.2) is 30.3 Å². The Morgan fingerprint density at radius 2 is 1.90 bits per heavy atom. The molecule has 5 nitrogen and oxygen atoms in total. The molecule has 6 heteroatoms. The van der Waals surface area contributed by atoms with Crippen molar-refractivity contribution in [2.45, 2.75) is 18.9 Å². The Bertz CT molecular complexity index is 473. The molecule has 21 heavy (non-hydrogen) atoms. The first-order valence-electron chi connectivity index (χ1n) is 7.04. The van der Waals surface area contributed by atoms with Crippen molar-refractivity contribution in [2.24, 2.45) is 0 Å². The second-order valence-corrected chi connectivity index (χ2v) is 5.28. The van der Waals surface area contributed by atoms with Crippen LogP contribution in [0, 0.1) is 0 Å². The van der Waals surface area contributed by atoms with E-state index in [1.165, 1.54) is 0 Å². The van der Waals surface area contributed by atoms with Crippen molar-refractivity contribution in [3.05, 3.63) is 35.9 Å². The molecule has 1 aromatic rings. The van der Waals surface area contributed by atoms with Crippen LogP contribution in [0.3, 0.4) is 0 Å². The standard InChI is InChI=1S/C15H19ClN2O3/c16-8-11-21-15(20)17-13-6-9-18(10-7-13)14(19)12-4-2-1-3-5-12/h1-5,13H,6-11H2,(H,17,20). The molecule has 1 aliphatic rings. The number of amides is 2. The number of piperidine rings is 1. The average Bonchev–Trinajstić information content (AvgIpc) is 2.54. The summed E-state index contributed by atoms with van der Waals surface area (Å²) in [6, 6.07) is 9.28. The molecule has 1 N–H and O–H groups in total. The maximum Gasteiger partial charge on any atom is 0.407 e. The number of hydrogen-bond acceptors (Lipinski definition) is 3. The number of carbonyl (C=O) groups is 2. The largest absolute Gasteiger partial charge is 0.448 e. The fourth-order valence-electron chi connectivity index (χ4n) is 2.33.